The van der Waals surface area contributed by atoms with Crippen molar-refractivity contribution in [2.24, 2.45) is 0 Å². The summed E-state index contributed by atoms with van der Waals surface area (Å²) in [6.07, 6.45) is -4.71. The number of halogens is 3. The lowest BCUT2D eigenvalue weighted by molar-refractivity contribution is -0.137. The van der Waals surface area contributed by atoms with Gasteiger partial charge in [-0.2, -0.15) is 13.2 Å². The number of carbonyl (C=O) groups is 2. The SMILES string of the molecule is CCOC(=O)c1cccc(NC(=O)CN(c2cccc(C(F)(F)F)c2)S(=O)(=O)c2ccccc2)c1. The summed E-state index contributed by atoms with van der Waals surface area (Å²) in [7, 11) is -4.40. The molecule has 1 amide bonds. The van der Waals surface area contributed by atoms with Crippen molar-refractivity contribution >= 4 is 33.3 Å². The number of benzene rings is 3. The second kappa shape index (κ2) is 10.6. The zero-order chi connectivity index (χ0) is 25.6. The molecule has 184 valence electrons. The molecule has 1 N–H and O–H groups in total. The molecule has 3 aromatic carbocycles. The molecule has 0 spiro atoms. The van der Waals surface area contributed by atoms with Crippen LogP contribution in [0.5, 0.6) is 0 Å². The number of hydrogen-bond donors (Lipinski definition) is 1. The Labute approximate surface area is 200 Å². The first kappa shape index (κ1) is 25.8. The van der Waals surface area contributed by atoms with Gasteiger partial charge in [0.2, 0.25) is 5.91 Å². The van der Waals surface area contributed by atoms with Gasteiger partial charge in [-0.3, -0.25) is 9.10 Å². The van der Waals surface area contributed by atoms with Crippen LogP contribution in [0.3, 0.4) is 0 Å². The van der Waals surface area contributed by atoms with E-state index in [1.54, 1.807) is 13.0 Å². The highest BCUT2D eigenvalue weighted by molar-refractivity contribution is 7.92. The number of amides is 1. The molecule has 0 aliphatic rings. The highest BCUT2D eigenvalue weighted by Crippen LogP contribution is 2.33. The Kier molecular flexibility index (Phi) is 7.80. The Morgan fingerprint density at radius 3 is 2.29 bits per heavy atom. The normalized spacial score (nSPS) is 11.5. The van der Waals surface area contributed by atoms with Gasteiger partial charge in [-0.25, -0.2) is 13.2 Å². The monoisotopic (exact) mass is 506 g/mol. The number of nitrogens with one attached hydrogen (secondary N) is 1. The van der Waals surface area contributed by atoms with Gasteiger partial charge in [0.1, 0.15) is 6.54 Å². The van der Waals surface area contributed by atoms with Gasteiger partial charge < -0.3 is 10.1 Å². The number of esters is 1. The van der Waals surface area contributed by atoms with Crippen LogP contribution >= 0.6 is 0 Å². The van der Waals surface area contributed by atoms with Gasteiger partial charge in [-0.1, -0.05) is 30.3 Å². The summed E-state index contributed by atoms with van der Waals surface area (Å²) >= 11 is 0. The number of alkyl halides is 3. The van der Waals surface area contributed by atoms with Crippen molar-refractivity contribution in [3.8, 4) is 0 Å². The predicted molar refractivity (Wildman–Crippen MR) is 123 cm³/mol. The largest absolute Gasteiger partial charge is 0.462 e. The number of rotatable bonds is 8. The van der Waals surface area contributed by atoms with Gasteiger partial charge in [-0.15, -0.1) is 0 Å². The summed E-state index contributed by atoms with van der Waals surface area (Å²) in [6.45, 7) is 0.972. The molecule has 0 aliphatic heterocycles. The van der Waals surface area contributed by atoms with Crippen LogP contribution in [0.4, 0.5) is 24.5 Å². The fraction of sp³-hybridized carbons (Fsp3) is 0.167. The first-order chi connectivity index (χ1) is 16.5. The lowest BCUT2D eigenvalue weighted by atomic mass is 10.2. The fourth-order valence-corrected chi connectivity index (χ4v) is 4.58. The van der Waals surface area contributed by atoms with Crippen molar-refractivity contribution in [3.63, 3.8) is 0 Å². The maximum absolute atomic E-state index is 13.3. The van der Waals surface area contributed by atoms with Crippen molar-refractivity contribution in [1.29, 1.82) is 0 Å². The maximum atomic E-state index is 13.3. The van der Waals surface area contributed by atoms with E-state index in [1.807, 2.05) is 0 Å². The van der Waals surface area contributed by atoms with E-state index in [4.69, 9.17) is 4.74 Å². The molecule has 3 aromatic rings. The molecular weight excluding hydrogens is 485 g/mol. The molecule has 0 bridgehead atoms. The van der Waals surface area contributed by atoms with Gasteiger partial charge in [-0.05, 0) is 55.5 Å². The Balaban J connectivity index is 1.95. The minimum absolute atomic E-state index is 0.152. The van der Waals surface area contributed by atoms with Gasteiger partial charge in [0.05, 0.1) is 28.3 Å². The van der Waals surface area contributed by atoms with E-state index in [0.717, 1.165) is 12.1 Å². The quantitative estimate of drug-likeness (QED) is 0.447. The average Bonchev–Trinajstić information content (AvgIpc) is 2.83. The Morgan fingerprint density at radius 1 is 0.943 bits per heavy atom. The van der Waals surface area contributed by atoms with E-state index in [1.165, 1.54) is 54.6 Å². The summed E-state index contributed by atoms with van der Waals surface area (Å²) in [5, 5.41) is 2.47. The highest BCUT2D eigenvalue weighted by atomic mass is 32.2. The van der Waals surface area contributed by atoms with Crippen LogP contribution in [0.15, 0.2) is 83.8 Å². The molecule has 0 atom stereocenters. The third-order valence-electron chi connectivity index (χ3n) is 4.74. The van der Waals surface area contributed by atoms with Crippen LogP contribution in [-0.2, 0) is 25.7 Å². The number of sulfonamides is 1. The first-order valence-corrected chi connectivity index (χ1v) is 11.8. The molecule has 35 heavy (non-hydrogen) atoms. The number of carbonyl (C=O) groups excluding carboxylic acids is 2. The third kappa shape index (κ3) is 6.38. The Morgan fingerprint density at radius 2 is 1.63 bits per heavy atom. The van der Waals surface area contributed by atoms with Gasteiger partial charge in [0.25, 0.3) is 10.0 Å². The Hall–Kier alpha value is -3.86. The van der Waals surface area contributed by atoms with Crippen LogP contribution in [0.25, 0.3) is 0 Å². The molecule has 0 aliphatic carbocycles. The van der Waals surface area contributed by atoms with Crippen LogP contribution in [0, 0.1) is 0 Å². The predicted octanol–water partition coefficient (Wildman–Crippen LogP) is 4.72. The first-order valence-electron chi connectivity index (χ1n) is 10.3. The minimum Gasteiger partial charge on any atom is -0.462 e. The number of hydrogen-bond acceptors (Lipinski definition) is 5. The van der Waals surface area contributed by atoms with Crippen LogP contribution < -0.4 is 9.62 Å². The minimum atomic E-state index is -4.71. The molecule has 0 saturated heterocycles. The summed E-state index contributed by atoms with van der Waals surface area (Å²) in [5.41, 5.74) is -1.05. The van der Waals surface area contributed by atoms with E-state index in [0.29, 0.717) is 10.4 Å². The van der Waals surface area contributed by atoms with Gasteiger partial charge >= 0.3 is 12.1 Å². The van der Waals surface area contributed by atoms with Crippen LogP contribution in [0.2, 0.25) is 0 Å². The van der Waals surface area contributed by atoms with Crippen molar-refractivity contribution in [2.45, 2.75) is 18.0 Å². The van der Waals surface area contributed by atoms with Gasteiger partial charge in [0, 0.05) is 5.69 Å². The average molecular weight is 507 g/mol. The maximum Gasteiger partial charge on any atom is 0.416 e. The van der Waals surface area contributed by atoms with E-state index >= 15 is 0 Å². The summed E-state index contributed by atoms with van der Waals surface area (Å²) in [6, 6.07) is 16.5. The molecule has 0 aromatic heterocycles. The zero-order valence-corrected chi connectivity index (χ0v) is 19.3. The highest BCUT2D eigenvalue weighted by Gasteiger charge is 2.33. The number of anilines is 2. The van der Waals surface area contributed by atoms with Crippen molar-refractivity contribution in [1.82, 2.24) is 0 Å². The summed E-state index contributed by atoms with van der Waals surface area (Å²) < 4.78 is 71.9. The molecule has 3 rings (SSSR count). The van der Waals surface area contributed by atoms with Crippen molar-refractivity contribution < 1.29 is 35.9 Å². The molecule has 7 nitrogen and oxygen atoms in total. The second-order valence-electron chi connectivity index (χ2n) is 7.22. The van der Waals surface area contributed by atoms with E-state index in [-0.39, 0.29) is 28.4 Å². The van der Waals surface area contributed by atoms with E-state index in [9.17, 15) is 31.2 Å². The number of nitrogens with zero attached hydrogens (tertiary/aromatic N) is 1. The van der Waals surface area contributed by atoms with E-state index in [2.05, 4.69) is 5.32 Å². The fourth-order valence-electron chi connectivity index (χ4n) is 3.14. The molecule has 0 fully saturated rings. The topological polar surface area (TPSA) is 92.8 Å². The summed E-state index contributed by atoms with van der Waals surface area (Å²) in [5.74, 6) is -1.44. The molecule has 11 heteroatoms. The van der Waals surface area contributed by atoms with Crippen molar-refractivity contribution in [2.75, 3.05) is 22.8 Å². The third-order valence-corrected chi connectivity index (χ3v) is 6.53. The molecule has 0 radical (unpaired) electrons. The lowest BCUT2D eigenvalue weighted by Gasteiger charge is -2.25. The van der Waals surface area contributed by atoms with Crippen LogP contribution in [0.1, 0.15) is 22.8 Å². The molecule has 0 saturated carbocycles. The number of ether oxygens (including phenoxy) is 1. The lowest BCUT2D eigenvalue weighted by Crippen LogP contribution is -2.38. The van der Waals surface area contributed by atoms with Crippen molar-refractivity contribution in [3.05, 3.63) is 90.0 Å². The van der Waals surface area contributed by atoms with E-state index < -0.39 is 40.2 Å². The summed E-state index contributed by atoms with van der Waals surface area (Å²) in [4.78, 5) is 24.5. The smallest absolute Gasteiger partial charge is 0.416 e. The second-order valence-corrected chi connectivity index (χ2v) is 9.08. The molecule has 0 unspecified atom stereocenters. The zero-order valence-electron chi connectivity index (χ0n) is 18.5. The standard InChI is InChI=1S/C24H21F3N2O5S/c1-2-34-23(31)17-8-6-10-19(14-17)28-22(30)16-29(35(32,33)21-12-4-3-5-13-21)20-11-7-9-18(15-20)24(25,26)27/h3-15H,2,16H2,1H3,(H,28,30). The molecular formula is C24H21F3N2O5S. The Bertz CT molecular complexity index is 1310. The molecule has 0 heterocycles. The van der Waals surface area contributed by atoms with Crippen LogP contribution in [-0.4, -0.2) is 33.4 Å². The van der Waals surface area contributed by atoms with Gasteiger partial charge in [0.15, 0.2) is 0 Å².